The van der Waals surface area contributed by atoms with Crippen LogP contribution in [0.2, 0.25) is 0 Å². The maximum Gasteiger partial charge on any atom is 0.0745 e. The van der Waals surface area contributed by atoms with E-state index in [1.54, 1.807) is 0 Å². The van der Waals surface area contributed by atoms with Crippen molar-refractivity contribution < 1.29 is 5.11 Å². The zero-order valence-electron chi connectivity index (χ0n) is 10.4. The van der Waals surface area contributed by atoms with E-state index in [2.05, 4.69) is 5.32 Å². The molecular weight excluding hydrogens is 224 g/mol. The first-order valence-corrected chi connectivity index (χ1v) is 5.98. The van der Waals surface area contributed by atoms with Crippen LogP contribution in [-0.4, -0.2) is 11.7 Å². The normalized spacial score (nSPS) is 12.1. The van der Waals surface area contributed by atoms with E-state index >= 15 is 0 Å². The molecule has 0 aliphatic carbocycles. The molecule has 0 amide bonds. The number of hydrogen-bond donors (Lipinski definition) is 3. The van der Waals surface area contributed by atoms with Gasteiger partial charge in [0.2, 0.25) is 0 Å². The van der Waals surface area contributed by atoms with Crippen molar-refractivity contribution in [2.75, 3.05) is 17.7 Å². The van der Waals surface area contributed by atoms with Crippen molar-refractivity contribution in [1.29, 1.82) is 0 Å². The second-order valence-corrected chi connectivity index (χ2v) is 4.42. The summed E-state index contributed by atoms with van der Waals surface area (Å²) in [4.78, 5) is 0. The highest BCUT2D eigenvalue weighted by molar-refractivity contribution is 5.57. The van der Waals surface area contributed by atoms with Gasteiger partial charge >= 0.3 is 0 Å². The summed E-state index contributed by atoms with van der Waals surface area (Å²) in [6.45, 7) is 2.04. The highest BCUT2D eigenvalue weighted by Crippen LogP contribution is 2.22. The van der Waals surface area contributed by atoms with Gasteiger partial charge in [0, 0.05) is 11.4 Å². The number of nitrogens with one attached hydrogen (secondary N) is 1. The Morgan fingerprint density at radius 2 is 1.89 bits per heavy atom. The summed E-state index contributed by atoms with van der Waals surface area (Å²) < 4.78 is 0. The van der Waals surface area contributed by atoms with Crippen LogP contribution in [0.4, 0.5) is 11.4 Å². The first kappa shape index (κ1) is 12.5. The lowest BCUT2D eigenvalue weighted by Gasteiger charge is -2.18. The number of nitrogens with two attached hydrogens (primary N) is 1. The molecule has 1 unspecified atom stereocenters. The Balaban J connectivity index is 2.20. The Labute approximate surface area is 107 Å². The molecule has 0 fully saturated rings. The lowest BCUT2D eigenvalue weighted by atomic mass is 10.1. The van der Waals surface area contributed by atoms with Crippen molar-refractivity contribution in [3.8, 4) is 0 Å². The minimum Gasteiger partial charge on any atom is -0.399 e. The molecule has 2 rings (SSSR count). The van der Waals surface area contributed by atoms with E-state index in [1.807, 2.05) is 55.5 Å². The fourth-order valence-electron chi connectivity index (χ4n) is 2.02. The molecule has 0 saturated heterocycles. The van der Waals surface area contributed by atoms with Crippen molar-refractivity contribution in [3.63, 3.8) is 0 Å². The van der Waals surface area contributed by atoms with Crippen LogP contribution in [0.5, 0.6) is 0 Å². The van der Waals surface area contributed by atoms with Crippen LogP contribution in [0, 0.1) is 6.92 Å². The third kappa shape index (κ3) is 3.02. The minimum atomic E-state index is -0.118. The predicted octanol–water partition coefficient (Wildman–Crippen LogP) is 2.72. The second kappa shape index (κ2) is 5.56. The molecule has 3 nitrogen and oxygen atoms in total. The first-order chi connectivity index (χ1) is 8.69. The number of rotatable bonds is 4. The van der Waals surface area contributed by atoms with Crippen molar-refractivity contribution >= 4 is 11.4 Å². The third-order valence-corrected chi connectivity index (χ3v) is 2.83. The number of nitrogen functional groups attached to an aromatic ring is 1. The molecule has 1 atom stereocenters. The Kier molecular flexibility index (Phi) is 3.85. The number of anilines is 2. The Hall–Kier alpha value is -2.00. The van der Waals surface area contributed by atoms with Crippen molar-refractivity contribution in [2.45, 2.75) is 13.0 Å². The number of hydrogen-bond acceptors (Lipinski definition) is 3. The summed E-state index contributed by atoms with van der Waals surface area (Å²) in [5, 5.41) is 12.8. The Morgan fingerprint density at radius 3 is 2.50 bits per heavy atom. The van der Waals surface area contributed by atoms with Crippen LogP contribution in [0.25, 0.3) is 0 Å². The molecule has 0 aliphatic rings. The molecule has 0 radical (unpaired) electrons. The summed E-state index contributed by atoms with van der Waals surface area (Å²) in [5.41, 5.74) is 9.62. The topological polar surface area (TPSA) is 58.3 Å². The second-order valence-electron chi connectivity index (χ2n) is 4.42. The molecule has 94 valence electrons. The van der Waals surface area contributed by atoms with Crippen molar-refractivity contribution in [2.24, 2.45) is 0 Å². The van der Waals surface area contributed by atoms with Crippen LogP contribution < -0.4 is 11.1 Å². The van der Waals surface area contributed by atoms with Gasteiger partial charge in [0.1, 0.15) is 0 Å². The van der Waals surface area contributed by atoms with Gasteiger partial charge in [-0.15, -0.1) is 0 Å². The fourth-order valence-corrected chi connectivity index (χ4v) is 2.02. The molecule has 0 aromatic heterocycles. The summed E-state index contributed by atoms with van der Waals surface area (Å²) in [6.07, 6.45) is 0. The maximum absolute atomic E-state index is 9.49. The van der Waals surface area contributed by atoms with Crippen LogP contribution in [0.1, 0.15) is 17.2 Å². The van der Waals surface area contributed by atoms with Gasteiger partial charge in [-0.3, -0.25) is 0 Å². The highest BCUT2D eigenvalue weighted by atomic mass is 16.3. The Bertz CT molecular complexity index is 491. The third-order valence-electron chi connectivity index (χ3n) is 2.83. The molecule has 2 aromatic carbocycles. The first-order valence-electron chi connectivity index (χ1n) is 5.98. The zero-order valence-corrected chi connectivity index (χ0v) is 10.4. The SMILES string of the molecule is Cc1cc(N)cc(NC(CO)c2ccccc2)c1. The standard InChI is InChI=1S/C15H18N2O/c1-11-7-13(16)9-14(8-11)17-15(10-18)12-5-3-2-4-6-12/h2-9,15,17-18H,10,16H2,1H3. The summed E-state index contributed by atoms with van der Waals surface area (Å²) in [5.74, 6) is 0. The molecule has 3 heteroatoms. The number of aliphatic hydroxyl groups is 1. The van der Waals surface area contributed by atoms with Gasteiger partial charge in [0.25, 0.3) is 0 Å². The van der Waals surface area contributed by atoms with Gasteiger partial charge in [0.05, 0.1) is 12.6 Å². The van der Waals surface area contributed by atoms with E-state index < -0.39 is 0 Å². The molecule has 0 bridgehead atoms. The van der Waals surface area contributed by atoms with Gasteiger partial charge in [0.15, 0.2) is 0 Å². The molecule has 2 aromatic rings. The van der Waals surface area contributed by atoms with Gasteiger partial charge < -0.3 is 16.2 Å². The van der Waals surface area contributed by atoms with Crippen molar-refractivity contribution in [1.82, 2.24) is 0 Å². The number of benzene rings is 2. The molecule has 0 heterocycles. The van der Waals surface area contributed by atoms with E-state index in [0.29, 0.717) is 0 Å². The fraction of sp³-hybridized carbons (Fsp3) is 0.200. The van der Waals surface area contributed by atoms with E-state index in [1.165, 1.54) is 0 Å². The average molecular weight is 242 g/mol. The molecule has 0 aliphatic heterocycles. The molecular formula is C15H18N2O. The zero-order chi connectivity index (χ0) is 13.0. The summed E-state index contributed by atoms with van der Waals surface area (Å²) in [7, 11) is 0. The van der Waals surface area contributed by atoms with Crippen LogP contribution >= 0.6 is 0 Å². The van der Waals surface area contributed by atoms with Gasteiger partial charge in [-0.1, -0.05) is 30.3 Å². The average Bonchev–Trinajstić information content (AvgIpc) is 2.36. The van der Waals surface area contributed by atoms with E-state index in [-0.39, 0.29) is 12.6 Å². The van der Waals surface area contributed by atoms with Crippen molar-refractivity contribution in [3.05, 3.63) is 59.7 Å². The van der Waals surface area contributed by atoms with E-state index in [4.69, 9.17) is 5.73 Å². The number of aliphatic hydroxyl groups excluding tert-OH is 1. The molecule has 4 N–H and O–H groups in total. The largest absolute Gasteiger partial charge is 0.399 e. The molecule has 0 spiro atoms. The Morgan fingerprint density at radius 1 is 1.17 bits per heavy atom. The van der Waals surface area contributed by atoms with Gasteiger partial charge in [-0.2, -0.15) is 0 Å². The maximum atomic E-state index is 9.49. The quantitative estimate of drug-likeness (QED) is 0.722. The minimum absolute atomic E-state index is 0.0395. The molecule has 0 saturated carbocycles. The molecule has 18 heavy (non-hydrogen) atoms. The van der Waals surface area contributed by atoms with Crippen LogP contribution in [-0.2, 0) is 0 Å². The monoisotopic (exact) mass is 242 g/mol. The van der Waals surface area contributed by atoms with Crippen LogP contribution in [0.3, 0.4) is 0 Å². The number of aryl methyl sites for hydroxylation is 1. The van der Waals surface area contributed by atoms with Crippen LogP contribution in [0.15, 0.2) is 48.5 Å². The lowest BCUT2D eigenvalue weighted by molar-refractivity contribution is 0.276. The highest BCUT2D eigenvalue weighted by Gasteiger charge is 2.09. The predicted molar refractivity (Wildman–Crippen MR) is 75.5 cm³/mol. The van der Waals surface area contributed by atoms with Gasteiger partial charge in [-0.25, -0.2) is 0 Å². The summed E-state index contributed by atoms with van der Waals surface area (Å²) in [6, 6.07) is 15.6. The summed E-state index contributed by atoms with van der Waals surface area (Å²) >= 11 is 0. The lowest BCUT2D eigenvalue weighted by Crippen LogP contribution is -2.14. The van der Waals surface area contributed by atoms with E-state index in [0.717, 1.165) is 22.5 Å². The van der Waals surface area contributed by atoms with E-state index in [9.17, 15) is 5.11 Å². The smallest absolute Gasteiger partial charge is 0.0745 e. The van der Waals surface area contributed by atoms with Gasteiger partial charge in [-0.05, 0) is 36.2 Å².